The van der Waals surface area contributed by atoms with Crippen molar-refractivity contribution in [1.29, 1.82) is 0 Å². The summed E-state index contributed by atoms with van der Waals surface area (Å²) >= 11 is 0. The van der Waals surface area contributed by atoms with Crippen LogP contribution in [0.4, 0.5) is 0 Å². The number of hydrogen-bond acceptors (Lipinski definition) is 2. The summed E-state index contributed by atoms with van der Waals surface area (Å²) in [7, 11) is 1.98. The SMILES string of the molecule is CC(=O)CN(C)Cc1cccc(C(C)(C)C)c1. The number of hydrogen-bond donors (Lipinski definition) is 0. The quantitative estimate of drug-likeness (QED) is 0.796. The van der Waals surface area contributed by atoms with Crippen LogP contribution in [0.25, 0.3) is 0 Å². The number of ketones is 1. The van der Waals surface area contributed by atoms with Gasteiger partial charge in [-0.1, -0.05) is 45.0 Å². The Kier molecular flexibility index (Phi) is 4.47. The van der Waals surface area contributed by atoms with Gasteiger partial charge in [-0.15, -0.1) is 0 Å². The number of benzene rings is 1. The largest absolute Gasteiger partial charge is 0.299 e. The van der Waals surface area contributed by atoms with Crippen LogP contribution in [-0.2, 0) is 16.8 Å². The molecule has 0 amide bonds. The number of rotatable bonds is 4. The molecule has 0 saturated heterocycles. The van der Waals surface area contributed by atoms with Gasteiger partial charge in [0.05, 0.1) is 6.54 Å². The lowest BCUT2D eigenvalue weighted by Gasteiger charge is -2.21. The predicted molar refractivity (Wildman–Crippen MR) is 72.2 cm³/mol. The van der Waals surface area contributed by atoms with E-state index in [1.165, 1.54) is 11.1 Å². The second-order valence-electron chi connectivity index (χ2n) is 5.82. The zero-order valence-electron chi connectivity index (χ0n) is 11.6. The molecule has 0 aliphatic carbocycles. The van der Waals surface area contributed by atoms with Crippen molar-refractivity contribution in [3.8, 4) is 0 Å². The van der Waals surface area contributed by atoms with Crippen molar-refractivity contribution in [2.45, 2.75) is 39.7 Å². The third kappa shape index (κ3) is 4.70. The smallest absolute Gasteiger partial charge is 0.143 e. The normalized spacial score (nSPS) is 11.9. The fourth-order valence-corrected chi connectivity index (χ4v) is 1.88. The molecule has 0 heterocycles. The molecule has 1 aromatic carbocycles. The van der Waals surface area contributed by atoms with Gasteiger partial charge >= 0.3 is 0 Å². The van der Waals surface area contributed by atoms with E-state index in [1.807, 2.05) is 11.9 Å². The van der Waals surface area contributed by atoms with Gasteiger partial charge in [0.2, 0.25) is 0 Å². The zero-order chi connectivity index (χ0) is 13.1. The van der Waals surface area contributed by atoms with Crippen LogP contribution in [0.15, 0.2) is 24.3 Å². The van der Waals surface area contributed by atoms with Crippen LogP contribution >= 0.6 is 0 Å². The summed E-state index contributed by atoms with van der Waals surface area (Å²) in [5.74, 6) is 0.208. The van der Waals surface area contributed by atoms with Crippen molar-refractivity contribution in [3.05, 3.63) is 35.4 Å². The third-order valence-electron chi connectivity index (χ3n) is 2.74. The first kappa shape index (κ1) is 13.9. The van der Waals surface area contributed by atoms with E-state index >= 15 is 0 Å². The van der Waals surface area contributed by atoms with E-state index in [-0.39, 0.29) is 11.2 Å². The fourth-order valence-electron chi connectivity index (χ4n) is 1.88. The molecule has 94 valence electrons. The van der Waals surface area contributed by atoms with Gasteiger partial charge in [0.15, 0.2) is 0 Å². The second kappa shape index (κ2) is 5.46. The average molecular weight is 233 g/mol. The number of carbonyl (C=O) groups is 1. The molecule has 0 aliphatic heterocycles. The molecule has 0 fully saturated rings. The summed E-state index contributed by atoms with van der Waals surface area (Å²) in [6, 6.07) is 8.61. The minimum atomic E-state index is 0.176. The Morgan fingerprint density at radius 3 is 2.47 bits per heavy atom. The molecule has 0 radical (unpaired) electrons. The summed E-state index contributed by atoms with van der Waals surface area (Å²) in [4.78, 5) is 13.1. The van der Waals surface area contributed by atoms with E-state index in [1.54, 1.807) is 6.92 Å². The molecule has 0 aliphatic rings. The molecular formula is C15H23NO. The second-order valence-corrected chi connectivity index (χ2v) is 5.82. The van der Waals surface area contributed by atoms with Crippen molar-refractivity contribution < 1.29 is 4.79 Å². The number of nitrogens with zero attached hydrogens (tertiary/aromatic N) is 1. The first-order valence-corrected chi connectivity index (χ1v) is 6.06. The van der Waals surface area contributed by atoms with E-state index in [4.69, 9.17) is 0 Å². The lowest BCUT2D eigenvalue weighted by atomic mass is 9.86. The van der Waals surface area contributed by atoms with Crippen molar-refractivity contribution >= 4 is 5.78 Å². The third-order valence-corrected chi connectivity index (χ3v) is 2.74. The van der Waals surface area contributed by atoms with E-state index in [0.29, 0.717) is 6.54 Å². The van der Waals surface area contributed by atoms with Crippen molar-refractivity contribution in [2.75, 3.05) is 13.6 Å². The lowest BCUT2D eigenvalue weighted by molar-refractivity contribution is -0.117. The number of likely N-dealkylation sites (N-methyl/N-ethyl adjacent to an activating group) is 1. The molecule has 0 unspecified atom stereocenters. The topological polar surface area (TPSA) is 20.3 Å². The Hall–Kier alpha value is -1.15. The molecule has 2 nitrogen and oxygen atoms in total. The molecule has 0 N–H and O–H groups in total. The van der Waals surface area contributed by atoms with Gasteiger partial charge in [0, 0.05) is 6.54 Å². The van der Waals surface area contributed by atoms with Gasteiger partial charge in [0.1, 0.15) is 5.78 Å². The van der Waals surface area contributed by atoms with E-state index < -0.39 is 0 Å². The first-order valence-electron chi connectivity index (χ1n) is 6.06. The van der Waals surface area contributed by atoms with Crippen LogP contribution in [0.5, 0.6) is 0 Å². The average Bonchev–Trinajstić information content (AvgIpc) is 2.15. The molecule has 17 heavy (non-hydrogen) atoms. The van der Waals surface area contributed by atoms with Crippen LogP contribution < -0.4 is 0 Å². The molecule has 0 saturated carbocycles. The number of carbonyl (C=O) groups excluding carboxylic acids is 1. The Balaban J connectivity index is 2.76. The van der Waals surface area contributed by atoms with Crippen molar-refractivity contribution in [2.24, 2.45) is 0 Å². The highest BCUT2D eigenvalue weighted by Gasteiger charge is 2.13. The van der Waals surface area contributed by atoms with Crippen LogP contribution in [0.2, 0.25) is 0 Å². The van der Waals surface area contributed by atoms with Gasteiger partial charge in [-0.05, 0) is 30.5 Å². The summed E-state index contributed by atoms with van der Waals surface area (Å²) < 4.78 is 0. The minimum Gasteiger partial charge on any atom is -0.299 e. The Bertz CT molecular complexity index is 390. The Morgan fingerprint density at radius 2 is 1.94 bits per heavy atom. The van der Waals surface area contributed by atoms with Crippen molar-refractivity contribution in [1.82, 2.24) is 4.90 Å². The number of Topliss-reactive ketones (excluding diaryl/α,β-unsaturated/α-hetero) is 1. The Labute approximate surface area is 105 Å². The molecule has 0 atom stereocenters. The van der Waals surface area contributed by atoms with E-state index in [2.05, 4.69) is 45.0 Å². The van der Waals surface area contributed by atoms with Gasteiger partial charge in [-0.25, -0.2) is 0 Å². The maximum absolute atomic E-state index is 11.0. The predicted octanol–water partition coefficient (Wildman–Crippen LogP) is 3.00. The van der Waals surface area contributed by atoms with Gasteiger partial charge in [-0.2, -0.15) is 0 Å². The zero-order valence-corrected chi connectivity index (χ0v) is 11.6. The summed E-state index contributed by atoms with van der Waals surface area (Å²) in [6.45, 7) is 9.60. The molecular weight excluding hydrogens is 210 g/mol. The lowest BCUT2D eigenvalue weighted by Crippen LogP contribution is -2.24. The van der Waals surface area contributed by atoms with Crippen LogP contribution in [0.1, 0.15) is 38.8 Å². The van der Waals surface area contributed by atoms with E-state index in [9.17, 15) is 4.79 Å². The molecule has 0 spiro atoms. The molecule has 0 aromatic heterocycles. The van der Waals surface area contributed by atoms with Gasteiger partial charge in [0.25, 0.3) is 0 Å². The summed E-state index contributed by atoms with van der Waals surface area (Å²) in [5, 5.41) is 0. The van der Waals surface area contributed by atoms with Gasteiger partial charge < -0.3 is 0 Å². The van der Waals surface area contributed by atoms with Crippen LogP contribution in [0, 0.1) is 0 Å². The molecule has 1 rings (SSSR count). The van der Waals surface area contributed by atoms with E-state index in [0.717, 1.165) is 6.54 Å². The highest BCUT2D eigenvalue weighted by Crippen LogP contribution is 2.23. The highest BCUT2D eigenvalue weighted by atomic mass is 16.1. The van der Waals surface area contributed by atoms with Gasteiger partial charge in [-0.3, -0.25) is 9.69 Å². The summed E-state index contributed by atoms with van der Waals surface area (Å²) in [5.41, 5.74) is 2.78. The minimum absolute atomic E-state index is 0.176. The standard InChI is InChI=1S/C15H23NO/c1-12(17)10-16(5)11-13-7-6-8-14(9-13)15(2,3)4/h6-9H,10-11H2,1-5H3. The molecule has 1 aromatic rings. The Morgan fingerprint density at radius 1 is 1.29 bits per heavy atom. The monoisotopic (exact) mass is 233 g/mol. The maximum Gasteiger partial charge on any atom is 0.143 e. The highest BCUT2D eigenvalue weighted by molar-refractivity contribution is 5.77. The molecule has 0 bridgehead atoms. The first-order chi connectivity index (χ1) is 7.79. The molecule has 2 heteroatoms. The fraction of sp³-hybridized carbons (Fsp3) is 0.533. The van der Waals surface area contributed by atoms with Crippen molar-refractivity contribution in [3.63, 3.8) is 0 Å². The maximum atomic E-state index is 11.0. The summed E-state index contributed by atoms with van der Waals surface area (Å²) in [6.07, 6.45) is 0. The van der Waals surface area contributed by atoms with Crippen LogP contribution in [0.3, 0.4) is 0 Å². The van der Waals surface area contributed by atoms with Crippen LogP contribution in [-0.4, -0.2) is 24.3 Å².